The minimum atomic E-state index is 0.197. The molecule has 17 heavy (non-hydrogen) atoms. The van der Waals surface area contributed by atoms with Crippen molar-refractivity contribution in [2.24, 2.45) is 7.05 Å². The number of Topliss-reactive ketones (excluding diaryl/α,β-unsaturated/α-hetero) is 1. The predicted octanol–water partition coefficient (Wildman–Crippen LogP) is 2.40. The molecule has 1 aliphatic rings. The second-order valence-corrected chi connectivity index (χ2v) is 5.63. The number of thiophene rings is 1. The minimum Gasteiger partial charge on any atom is -0.293 e. The molecule has 88 valence electrons. The van der Waals surface area contributed by atoms with Gasteiger partial charge in [-0.05, 0) is 37.0 Å². The van der Waals surface area contributed by atoms with Crippen LogP contribution in [0.5, 0.6) is 0 Å². The predicted molar refractivity (Wildman–Crippen MR) is 67.6 cm³/mol. The maximum atomic E-state index is 12.1. The lowest BCUT2D eigenvalue weighted by Crippen LogP contribution is -2.02. The third-order valence-corrected chi connectivity index (χ3v) is 4.41. The van der Waals surface area contributed by atoms with Gasteiger partial charge in [-0.25, -0.2) is 0 Å². The largest absolute Gasteiger partial charge is 0.293 e. The van der Waals surface area contributed by atoms with Gasteiger partial charge in [-0.3, -0.25) is 9.48 Å². The standard InChI is InChI=1S/C13H14N2OS/c1-15-6-5-10(14-15)8-11(16)13-7-9-3-2-4-12(9)17-13/h5-7H,2-4,8H2,1H3. The first-order valence-corrected chi connectivity index (χ1v) is 6.67. The SMILES string of the molecule is Cn1ccc(CC(=O)c2cc3c(s2)CCC3)n1. The van der Waals surface area contributed by atoms with E-state index in [0.717, 1.165) is 23.4 Å². The smallest absolute Gasteiger partial charge is 0.178 e. The molecule has 0 atom stereocenters. The third kappa shape index (κ3) is 2.05. The van der Waals surface area contributed by atoms with Crippen LogP contribution in [0.15, 0.2) is 18.3 Å². The zero-order valence-corrected chi connectivity index (χ0v) is 10.6. The molecule has 0 spiro atoms. The Hall–Kier alpha value is -1.42. The van der Waals surface area contributed by atoms with Crippen molar-refractivity contribution in [1.29, 1.82) is 0 Å². The van der Waals surface area contributed by atoms with Crippen LogP contribution in [0.3, 0.4) is 0 Å². The number of rotatable bonds is 3. The van der Waals surface area contributed by atoms with Gasteiger partial charge in [-0.2, -0.15) is 5.10 Å². The van der Waals surface area contributed by atoms with Crippen LogP contribution in [0.2, 0.25) is 0 Å². The van der Waals surface area contributed by atoms with Crippen LogP contribution in [0.1, 0.15) is 32.2 Å². The molecule has 0 saturated heterocycles. The van der Waals surface area contributed by atoms with E-state index in [-0.39, 0.29) is 5.78 Å². The number of fused-ring (bicyclic) bond motifs is 1. The van der Waals surface area contributed by atoms with Crippen LogP contribution < -0.4 is 0 Å². The van der Waals surface area contributed by atoms with Crippen molar-refractivity contribution in [3.05, 3.63) is 39.3 Å². The molecule has 2 aromatic heterocycles. The van der Waals surface area contributed by atoms with Gasteiger partial charge in [0.2, 0.25) is 0 Å². The molecular formula is C13H14N2OS. The van der Waals surface area contributed by atoms with Gasteiger partial charge in [0.15, 0.2) is 5.78 Å². The van der Waals surface area contributed by atoms with Gasteiger partial charge in [0.25, 0.3) is 0 Å². The van der Waals surface area contributed by atoms with Crippen LogP contribution in [0.4, 0.5) is 0 Å². The molecule has 3 nitrogen and oxygen atoms in total. The van der Waals surface area contributed by atoms with E-state index in [0.29, 0.717) is 6.42 Å². The Morgan fingerprint density at radius 3 is 3.12 bits per heavy atom. The molecule has 0 unspecified atom stereocenters. The maximum Gasteiger partial charge on any atom is 0.178 e. The fourth-order valence-corrected chi connectivity index (χ4v) is 3.47. The van der Waals surface area contributed by atoms with Gasteiger partial charge in [-0.1, -0.05) is 0 Å². The first kappa shape index (κ1) is 10.7. The van der Waals surface area contributed by atoms with Gasteiger partial charge in [0.1, 0.15) is 0 Å². The quantitative estimate of drug-likeness (QED) is 0.779. The molecule has 1 aliphatic carbocycles. The summed E-state index contributed by atoms with van der Waals surface area (Å²) in [6.07, 6.45) is 5.83. The second kappa shape index (κ2) is 4.11. The number of aryl methyl sites for hydroxylation is 3. The van der Waals surface area contributed by atoms with E-state index < -0.39 is 0 Å². The molecular weight excluding hydrogens is 232 g/mol. The monoisotopic (exact) mass is 246 g/mol. The summed E-state index contributed by atoms with van der Waals surface area (Å²) in [4.78, 5) is 14.4. The van der Waals surface area contributed by atoms with Gasteiger partial charge in [0, 0.05) is 18.1 Å². The lowest BCUT2D eigenvalue weighted by Gasteiger charge is -1.95. The summed E-state index contributed by atoms with van der Waals surface area (Å²) in [5.74, 6) is 0.197. The zero-order chi connectivity index (χ0) is 11.8. The molecule has 0 bridgehead atoms. The third-order valence-electron chi connectivity index (χ3n) is 3.13. The number of hydrogen-bond acceptors (Lipinski definition) is 3. The van der Waals surface area contributed by atoms with Gasteiger partial charge < -0.3 is 0 Å². The number of aromatic nitrogens is 2. The molecule has 3 rings (SSSR count). The van der Waals surface area contributed by atoms with Crippen LogP contribution >= 0.6 is 11.3 Å². The van der Waals surface area contributed by atoms with Crippen LogP contribution in [-0.2, 0) is 26.3 Å². The van der Waals surface area contributed by atoms with Gasteiger partial charge in [0.05, 0.1) is 17.0 Å². The number of carbonyl (C=O) groups excluding carboxylic acids is 1. The van der Waals surface area contributed by atoms with E-state index in [9.17, 15) is 4.79 Å². The maximum absolute atomic E-state index is 12.1. The van der Waals surface area contributed by atoms with E-state index in [1.165, 1.54) is 16.9 Å². The van der Waals surface area contributed by atoms with E-state index in [2.05, 4.69) is 11.2 Å². The second-order valence-electron chi connectivity index (χ2n) is 4.49. The van der Waals surface area contributed by atoms with Crippen LogP contribution in [0.25, 0.3) is 0 Å². The number of hydrogen-bond donors (Lipinski definition) is 0. The molecule has 0 aliphatic heterocycles. The first-order valence-electron chi connectivity index (χ1n) is 5.85. The fourth-order valence-electron chi connectivity index (χ4n) is 2.28. The summed E-state index contributed by atoms with van der Waals surface area (Å²) in [7, 11) is 1.87. The summed E-state index contributed by atoms with van der Waals surface area (Å²) in [6, 6.07) is 3.98. The Kier molecular flexibility index (Phi) is 2.59. The normalized spacial score (nSPS) is 13.9. The van der Waals surface area contributed by atoms with Crippen LogP contribution in [0, 0.1) is 0 Å². The highest BCUT2D eigenvalue weighted by atomic mass is 32.1. The van der Waals surface area contributed by atoms with E-state index in [1.54, 1.807) is 16.0 Å². The number of nitrogens with zero attached hydrogens (tertiary/aromatic N) is 2. The van der Waals surface area contributed by atoms with Crippen molar-refractivity contribution >= 4 is 17.1 Å². The van der Waals surface area contributed by atoms with Crippen molar-refractivity contribution in [2.75, 3.05) is 0 Å². The summed E-state index contributed by atoms with van der Waals surface area (Å²) >= 11 is 1.67. The molecule has 2 aromatic rings. The number of ketones is 1. The van der Waals surface area contributed by atoms with Crippen molar-refractivity contribution in [2.45, 2.75) is 25.7 Å². The lowest BCUT2D eigenvalue weighted by molar-refractivity contribution is 0.0995. The zero-order valence-electron chi connectivity index (χ0n) is 9.77. The Bertz CT molecular complexity index is 546. The van der Waals surface area contributed by atoms with Crippen molar-refractivity contribution in [3.63, 3.8) is 0 Å². The number of carbonyl (C=O) groups is 1. The van der Waals surface area contributed by atoms with Gasteiger partial charge in [-0.15, -0.1) is 11.3 Å². The first-order chi connectivity index (χ1) is 8.22. The molecule has 2 heterocycles. The average Bonchev–Trinajstić information content (AvgIpc) is 2.92. The highest BCUT2D eigenvalue weighted by molar-refractivity contribution is 7.14. The lowest BCUT2D eigenvalue weighted by atomic mass is 10.1. The molecule has 0 aromatic carbocycles. The van der Waals surface area contributed by atoms with Crippen molar-refractivity contribution < 1.29 is 4.79 Å². The summed E-state index contributed by atoms with van der Waals surface area (Å²) in [5, 5.41) is 4.24. The molecule has 0 radical (unpaired) electrons. The highest BCUT2D eigenvalue weighted by Crippen LogP contribution is 2.31. The van der Waals surface area contributed by atoms with E-state index in [1.807, 2.05) is 19.3 Å². The Morgan fingerprint density at radius 1 is 1.53 bits per heavy atom. The molecule has 0 N–H and O–H groups in total. The Morgan fingerprint density at radius 2 is 2.41 bits per heavy atom. The minimum absolute atomic E-state index is 0.197. The topological polar surface area (TPSA) is 34.9 Å². The molecule has 0 saturated carbocycles. The summed E-state index contributed by atoms with van der Waals surface area (Å²) in [6.45, 7) is 0. The van der Waals surface area contributed by atoms with E-state index in [4.69, 9.17) is 0 Å². The Labute approximate surface area is 104 Å². The highest BCUT2D eigenvalue weighted by Gasteiger charge is 2.18. The molecule has 0 amide bonds. The average molecular weight is 246 g/mol. The van der Waals surface area contributed by atoms with Crippen molar-refractivity contribution in [3.8, 4) is 0 Å². The van der Waals surface area contributed by atoms with Gasteiger partial charge >= 0.3 is 0 Å². The molecule has 4 heteroatoms. The van der Waals surface area contributed by atoms with Crippen LogP contribution in [-0.4, -0.2) is 15.6 Å². The van der Waals surface area contributed by atoms with E-state index >= 15 is 0 Å². The fraction of sp³-hybridized carbons (Fsp3) is 0.385. The Balaban J connectivity index is 1.77. The summed E-state index contributed by atoms with van der Waals surface area (Å²) < 4.78 is 1.73. The van der Waals surface area contributed by atoms with Crippen molar-refractivity contribution in [1.82, 2.24) is 9.78 Å². The summed E-state index contributed by atoms with van der Waals surface area (Å²) in [5.41, 5.74) is 2.24. The molecule has 0 fully saturated rings.